The lowest BCUT2D eigenvalue weighted by molar-refractivity contribution is -0.147. The number of nitrogens with one attached hydrogen (secondary N) is 1. The van der Waals surface area contributed by atoms with Gasteiger partial charge in [-0.3, -0.25) is 4.79 Å². The van der Waals surface area contributed by atoms with Gasteiger partial charge in [-0.2, -0.15) is 5.26 Å². The highest BCUT2D eigenvalue weighted by Crippen LogP contribution is 2.17. The van der Waals surface area contributed by atoms with Crippen molar-refractivity contribution in [3.63, 3.8) is 0 Å². The molecule has 0 unspecified atom stereocenters. The van der Waals surface area contributed by atoms with E-state index in [4.69, 9.17) is 15.1 Å². The Morgan fingerprint density at radius 1 is 1.62 bits per heavy atom. The molecule has 0 atom stereocenters. The molecule has 2 N–H and O–H groups in total. The Hall–Kier alpha value is -2.62. The van der Waals surface area contributed by atoms with Crippen LogP contribution in [0.4, 0.5) is 5.69 Å². The molecule has 0 saturated carbocycles. The highest BCUT2D eigenvalue weighted by atomic mass is 16.5. The van der Waals surface area contributed by atoms with Gasteiger partial charge in [0.2, 0.25) is 5.88 Å². The predicted octanol–water partition coefficient (Wildman–Crippen LogP) is -0.0150. The predicted molar refractivity (Wildman–Crippen MR) is 51.8 cm³/mol. The summed E-state index contributed by atoms with van der Waals surface area (Å²) in [5, 5.41) is 19.1. The lowest BCUT2D eigenvalue weighted by atomic mass is 10.2. The summed E-state index contributed by atoms with van der Waals surface area (Å²) in [4.78, 5) is 24.8. The summed E-state index contributed by atoms with van der Waals surface area (Å²) >= 11 is 0. The van der Waals surface area contributed by atoms with Crippen LogP contribution in [0.15, 0.2) is 12.3 Å². The van der Waals surface area contributed by atoms with E-state index in [9.17, 15) is 9.59 Å². The van der Waals surface area contributed by atoms with Crippen LogP contribution in [0.5, 0.6) is 5.88 Å². The van der Waals surface area contributed by atoms with Crippen LogP contribution in [0.25, 0.3) is 0 Å². The average Bonchev–Trinajstić information content (AvgIpc) is 2.28. The number of hydrogen-bond acceptors (Lipinski definition) is 5. The van der Waals surface area contributed by atoms with E-state index in [-0.39, 0.29) is 17.1 Å². The zero-order chi connectivity index (χ0) is 12.1. The van der Waals surface area contributed by atoms with Gasteiger partial charge in [-0.1, -0.05) is 0 Å². The monoisotopic (exact) mass is 221 g/mol. The number of carboxylic acids is 1. The summed E-state index contributed by atoms with van der Waals surface area (Å²) < 4.78 is 4.78. The fourth-order valence-electron chi connectivity index (χ4n) is 0.948. The number of rotatable bonds is 2. The number of carbonyl (C=O) groups is 2. The Morgan fingerprint density at radius 3 is 2.81 bits per heavy atom. The first kappa shape index (κ1) is 11.5. The van der Waals surface area contributed by atoms with E-state index in [0.717, 1.165) is 0 Å². The number of carbonyl (C=O) groups excluding carboxylic acids is 1. The first-order valence-corrected chi connectivity index (χ1v) is 4.07. The Balaban J connectivity index is 2.97. The molecular formula is C9H7N3O4. The van der Waals surface area contributed by atoms with Gasteiger partial charge in [0, 0.05) is 0 Å². The lowest BCUT2D eigenvalue weighted by Crippen LogP contribution is -2.21. The summed E-state index contributed by atoms with van der Waals surface area (Å²) in [5.74, 6) is -2.71. The molecule has 0 saturated heterocycles. The molecule has 0 spiro atoms. The van der Waals surface area contributed by atoms with Crippen LogP contribution in [0.2, 0.25) is 0 Å². The number of ether oxygens (including phenoxy) is 1. The zero-order valence-corrected chi connectivity index (χ0v) is 8.22. The zero-order valence-electron chi connectivity index (χ0n) is 8.22. The molecule has 0 aromatic carbocycles. The van der Waals surface area contributed by atoms with E-state index in [1.807, 2.05) is 0 Å². The summed E-state index contributed by atoms with van der Waals surface area (Å²) in [6.07, 6.45) is 1.19. The molecule has 7 nitrogen and oxygen atoms in total. The van der Waals surface area contributed by atoms with Crippen molar-refractivity contribution in [1.29, 1.82) is 5.26 Å². The molecule has 1 aromatic heterocycles. The van der Waals surface area contributed by atoms with Crippen LogP contribution in [-0.2, 0) is 9.59 Å². The van der Waals surface area contributed by atoms with Crippen LogP contribution < -0.4 is 10.1 Å². The van der Waals surface area contributed by atoms with Crippen LogP contribution in [0.1, 0.15) is 5.56 Å². The molecule has 1 heterocycles. The smallest absolute Gasteiger partial charge is 0.394 e. The largest absolute Gasteiger partial charge is 0.480 e. The lowest BCUT2D eigenvalue weighted by Gasteiger charge is -2.04. The molecule has 0 fully saturated rings. The number of hydrogen-bond donors (Lipinski definition) is 2. The second-order valence-electron chi connectivity index (χ2n) is 2.65. The van der Waals surface area contributed by atoms with Crippen molar-refractivity contribution in [2.45, 2.75) is 0 Å². The summed E-state index contributed by atoms with van der Waals surface area (Å²) in [5.41, 5.74) is 0.218. The second kappa shape index (κ2) is 4.75. The van der Waals surface area contributed by atoms with Crippen molar-refractivity contribution >= 4 is 17.6 Å². The quantitative estimate of drug-likeness (QED) is 0.679. The third-order valence-corrected chi connectivity index (χ3v) is 1.62. The number of methoxy groups -OCH3 is 1. The molecule has 0 radical (unpaired) electrons. The molecule has 0 aliphatic rings. The Kier molecular flexibility index (Phi) is 3.40. The maximum absolute atomic E-state index is 10.8. The summed E-state index contributed by atoms with van der Waals surface area (Å²) in [6, 6.07) is 3.07. The molecule has 82 valence electrons. The third-order valence-electron chi connectivity index (χ3n) is 1.62. The van der Waals surface area contributed by atoms with Crippen LogP contribution in [-0.4, -0.2) is 29.1 Å². The molecule has 1 amide bonds. The maximum atomic E-state index is 10.8. The van der Waals surface area contributed by atoms with Crippen LogP contribution in [0.3, 0.4) is 0 Å². The first-order valence-electron chi connectivity index (χ1n) is 4.07. The van der Waals surface area contributed by atoms with E-state index in [2.05, 4.69) is 10.3 Å². The third kappa shape index (κ3) is 2.45. The van der Waals surface area contributed by atoms with Crippen LogP contribution >= 0.6 is 0 Å². The minimum Gasteiger partial charge on any atom is -0.480 e. The number of aliphatic carboxylic acids is 1. The molecule has 16 heavy (non-hydrogen) atoms. The molecule has 0 bridgehead atoms. The Morgan fingerprint density at radius 2 is 2.31 bits per heavy atom. The van der Waals surface area contributed by atoms with Crippen LogP contribution in [0, 0.1) is 11.3 Å². The van der Waals surface area contributed by atoms with E-state index in [1.54, 1.807) is 6.07 Å². The van der Waals surface area contributed by atoms with Crippen molar-refractivity contribution in [2.75, 3.05) is 12.4 Å². The van der Waals surface area contributed by atoms with E-state index >= 15 is 0 Å². The second-order valence-corrected chi connectivity index (χ2v) is 2.65. The number of pyridine rings is 1. The summed E-state index contributed by atoms with van der Waals surface area (Å²) in [6.45, 7) is 0. The highest BCUT2D eigenvalue weighted by Gasteiger charge is 2.13. The first-order chi connectivity index (χ1) is 7.58. The van der Waals surface area contributed by atoms with Crippen molar-refractivity contribution in [2.24, 2.45) is 0 Å². The fourth-order valence-corrected chi connectivity index (χ4v) is 0.948. The van der Waals surface area contributed by atoms with E-state index in [0.29, 0.717) is 0 Å². The topological polar surface area (TPSA) is 112 Å². The van der Waals surface area contributed by atoms with Crippen molar-refractivity contribution in [3.05, 3.63) is 17.8 Å². The number of nitriles is 1. The minimum absolute atomic E-state index is 0.102. The van der Waals surface area contributed by atoms with Gasteiger partial charge in [0.05, 0.1) is 19.0 Å². The maximum Gasteiger partial charge on any atom is 0.394 e. The Labute approximate surface area is 90.3 Å². The van der Waals surface area contributed by atoms with Crippen molar-refractivity contribution in [3.8, 4) is 11.9 Å². The average molecular weight is 221 g/mol. The fraction of sp³-hybridized carbons (Fsp3) is 0.111. The van der Waals surface area contributed by atoms with Gasteiger partial charge in [0.1, 0.15) is 11.6 Å². The molecular weight excluding hydrogens is 214 g/mol. The van der Waals surface area contributed by atoms with Gasteiger partial charge in [0.15, 0.2) is 0 Å². The summed E-state index contributed by atoms with van der Waals surface area (Å²) in [7, 11) is 1.35. The minimum atomic E-state index is -1.62. The van der Waals surface area contributed by atoms with Gasteiger partial charge >= 0.3 is 11.9 Å². The van der Waals surface area contributed by atoms with Crippen molar-refractivity contribution < 1.29 is 19.4 Å². The highest BCUT2D eigenvalue weighted by molar-refractivity contribution is 6.36. The van der Waals surface area contributed by atoms with Gasteiger partial charge in [-0.25, -0.2) is 9.78 Å². The number of anilines is 1. The van der Waals surface area contributed by atoms with Gasteiger partial charge in [-0.15, -0.1) is 0 Å². The van der Waals surface area contributed by atoms with E-state index in [1.165, 1.54) is 19.4 Å². The van der Waals surface area contributed by atoms with E-state index < -0.39 is 11.9 Å². The van der Waals surface area contributed by atoms with Gasteiger partial charge in [-0.05, 0) is 6.07 Å². The molecule has 0 aliphatic heterocycles. The molecule has 1 rings (SSSR count). The van der Waals surface area contributed by atoms with Gasteiger partial charge in [0.25, 0.3) is 0 Å². The number of aromatic nitrogens is 1. The molecule has 7 heteroatoms. The normalized spacial score (nSPS) is 9.00. The molecule has 0 aliphatic carbocycles. The SMILES string of the molecule is COc1ncc(NC(=O)C(=O)O)cc1C#N. The van der Waals surface area contributed by atoms with Gasteiger partial charge < -0.3 is 15.2 Å². The number of amides is 1. The number of carboxylic acid groups (broad SMARTS) is 1. The standard InChI is InChI=1S/C9H7N3O4/c1-16-8-5(3-10)2-6(4-11-8)12-7(13)9(14)15/h2,4H,1H3,(H,12,13)(H,14,15). The Bertz CT molecular complexity index is 478. The number of nitrogens with zero attached hydrogens (tertiary/aromatic N) is 2. The van der Waals surface area contributed by atoms with Crippen molar-refractivity contribution in [1.82, 2.24) is 4.98 Å². The molecule has 1 aromatic rings.